The maximum Gasteiger partial charge on any atom is 0.224 e. The van der Waals surface area contributed by atoms with Gasteiger partial charge in [-0.25, -0.2) is 0 Å². The van der Waals surface area contributed by atoms with E-state index in [9.17, 15) is 9.59 Å². The first-order chi connectivity index (χ1) is 9.60. The fourth-order valence-corrected chi connectivity index (χ4v) is 1.19. The van der Waals surface area contributed by atoms with Crippen molar-refractivity contribution in [2.75, 3.05) is 19.0 Å². The molecule has 0 fully saturated rings. The molecule has 0 spiro atoms. The van der Waals surface area contributed by atoms with E-state index in [1.165, 1.54) is 0 Å². The van der Waals surface area contributed by atoms with Crippen LogP contribution in [-0.2, 0) is 9.53 Å². The molecule has 0 aliphatic heterocycles. The molecule has 1 N–H and O–H groups in total. The zero-order valence-corrected chi connectivity index (χ0v) is 13.4. The Hall–Kier alpha value is -1.68. The molecule has 0 radical (unpaired) electrons. The van der Waals surface area contributed by atoms with Crippen molar-refractivity contribution in [3.8, 4) is 0 Å². The third-order valence-corrected chi connectivity index (χ3v) is 2.31. The Morgan fingerprint density at radius 2 is 1.85 bits per heavy atom. The number of hydrogen-bond acceptors (Lipinski definition) is 3. The number of ether oxygens (including phenoxy) is 1. The molecule has 0 aromatic heterocycles. The molecule has 1 amide bonds. The summed E-state index contributed by atoms with van der Waals surface area (Å²) in [6, 6.07) is 5.34. The molecular formula is C16H27NO3. The van der Waals surface area contributed by atoms with Gasteiger partial charge in [-0.2, -0.15) is 0 Å². The Bertz CT molecular complexity index is 387. The lowest BCUT2D eigenvalue weighted by molar-refractivity contribution is -0.115. The average Bonchev–Trinajstić information content (AvgIpc) is 2.51. The number of amides is 1. The van der Waals surface area contributed by atoms with Crippen molar-refractivity contribution in [1.29, 1.82) is 0 Å². The normalized spacial score (nSPS) is 8.50. The largest absolute Gasteiger partial charge is 0.385 e. The van der Waals surface area contributed by atoms with E-state index < -0.39 is 0 Å². The van der Waals surface area contributed by atoms with Gasteiger partial charge in [-0.15, -0.1) is 0 Å². The van der Waals surface area contributed by atoms with Gasteiger partial charge in [0.25, 0.3) is 0 Å². The minimum atomic E-state index is -0.0811. The lowest BCUT2D eigenvalue weighted by Crippen LogP contribution is -2.12. The van der Waals surface area contributed by atoms with E-state index in [2.05, 4.69) is 10.1 Å². The Balaban J connectivity index is 0. The fraction of sp³-hybridized carbons (Fsp3) is 0.500. The number of methoxy groups -OCH3 is 1. The van der Waals surface area contributed by atoms with E-state index >= 15 is 0 Å². The van der Waals surface area contributed by atoms with Crippen LogP contribution in [0.4, 0.5) is 5.69 Å². The minimum Gasteiger partial charge on any atom is -0.385 e. The van der Waals surface area contributed by atoms with Gasteiger partial charge in [0.15, 0.2) is 6.29 Å². The van der Waals surface area contributed by atoms with Crippen LogP contribution in [0, 0.1) is 6.92 Å². The van der Waals surface area contributed by atoms with E-state index in [-0.39, 0.29) is 5.91 Å². The molecule has 114 valence electrons. The lowest BCUT2D eigenvalue weighted by Gasteiger charge is -2.09. The van der Waals surface area contributed by atoms with Crippen LogP contribution in [0.2, 0.25) is 0 Å². The van der Waals surface area contributed by atoms with Gasteiger partial charge < -0.3 is 10.1 Å². The second kappa shape index (κ2) is 13.7. The molecule has 4 heteroatoms. The van der Waals surface area contributed by atoms with E-state index in [0.717, 1.165) is 18.5 Å². The van der Waals surface area contributed by atoms with E-state index in [1.807, 2.05) is 33.8 Å². The van der Waals surface area contributed by atoms with Crippen LogP contribution in [-0.4, -0.2) is 25.9 Å². The van der Waals surface area contributed by atoms with Crippen molar-refractivity contribution < 1.29 is 14.3 Å². The molecule has 20 heavy (non-hydrogen) atoms. The van der Waals surface area contributed by atoms with Gasteiger partial charge in [-0.3, -0.25) is 9.59 Å². The summed E-state index contributed by atoms with van der Waals surface area (Å²) in [7, 11) is 1.68. The van der Waals surface area contributed by atoms with Crippen molar-refractivity contribution in [3.63, 3.8) is 0 Å². The number of carbonyl (C=O) groups is 2. The van der Waals surface area contributed by atoms with Gasteiger partial charge in [-0.05, 0) is 25.5 Å². The van der Waals surface area contributed by atoms with Crippen LogP contribution in [0.1, 0.15) is 50.0 Å². The maximum absolute atomic E-state index is 11.2. The van der Waals surface area contributed by atoms with Crippen molar-refractivity contribution in [2.24, 2.45) is 0 Å². The van der Waals surface area contributed by atoms with Gasteiger partial charge in [-0.1, -0.05) is 32.9 Å². The van der Waals surface area contributed by atoms with Gasteiger partial charge >= 0.3 is 0 Å². The van der Waals surface area contributed by atoms with Crippen LogP contribution in [0.3, 0.4) is 0 Å². The Labute approximate surface area is 122 Å². The highest BCUT2D eigenvalue weighted by molar-refractivity contribution is 5.97. The molecule has 1 aromatic carbocycles. The van der Waals surface area contributed by atoms with E-state index in [0.29, 0.717) is 17.7 Å². The summed E-state index contributed by atoms with van der Waals surface area (Å²) in [4.78, 5) is 21.9. The first-order valence-electron chi connectivity index (χ1n) is 6.94. The van der Waals surface area contributed by atoms with Crippen molar-refractivity contribution in [1.82, 2.24) is 0 Å². The summed E-state index contributed by atoms with van der Waals surface area (Å²) in [5, 5.41) is 2.71. The zero-order chi connectivity index (χ0) is 16.0. The number of benzene rings is 1. The number of aldehydes is 1. The summed E-state index contributed by atoms with van der Waals surface area (Å²) in [6.07, 6.45) is 1.16. The van der Waals surface area contributed by atoms with E-state index in [1.54, 1.807) is 26.2 Å². The predicted molar refractivity (Wildman–Crippen MR) is 84.4 cm³/mol. The monoisotopic (exact) mass is 281 g/mol. The van der Waals surface area contributed by atoms with Gasteiger partial charge in [0, 0.05) is 25.7 Å². The summed E-state index contributed by atoms with van der Waals surface area (Å²) in [6.45, 7) is 10.4. The quantitative estimate of drug-likeness (QED) is 0.853. The molecule has 1 aromatic rings. The number of anilines is 1. The fourth-order valence-electron chi connectivity index (χ4n) is 1.19. The minimum absolute atomic E-state index is 0.0811. The van der Waals surface area contributed by atoms with Crippen molar-refractivity contribution in [3.05, 3.63) is 29.3 Å². The van der Waals surface area contributed by atoms with Crippen LogP contribution in [0.25, 0.3) is 0 Å². The highest BCUT2D eigenvalue weighted by Gasteiger charge is 2.06. The van der Waals surface area contributed by atoms with Crippen molar-refractivity contribution in [2.45, 2.75) is 41.0 Å². The van der Waals surface area contributed by atoms with Crippen LogP contribution in [0.15, 0.2) is 18.2 Å². The molecule has 0 saturated heterocycles. The van der Waals surface area contributed by atoms with Crippen molar-refractivity contribution >= 4 is 17.9 Å². The number of hydrogen-bond donors (Lipinski definition) is 1. The summed E-state index contributed by atoms with van der Waals surface area (Å²) < 4.78 is 4.54. The summed E-state index contributed by atoms with van der Waals surface area (Å²) in [5.41, 5.74) is 2.04. The molecule has 0 saturated carbocycles. The molecule has 0 heterocycles. The predicted octanol–water partition coefficient (Wildman–Crippen LogP) is 3.83. The average molecular weight is 281 g/mol. The van der Waals surface area contributed by atoms with E-state index in [4.69, 9.17) is 0 Å². The lowest BCUT2D eigenvalue weighted by atomic mass is 10.1. The number of rotatable bonds is 4. The molecule has 4 nitrogen and oxygen atoms in total. The SMILES string of the molecule is CC.CCC(=O)Nc1c(C)cccc1C=O.CCOC. The molecule has 0 atom stereocenters. The highest BCUT2D eigenvalue weighted by atomic mass is 16.5. The van der Waals surface area contributed by atoms with Crippen LogP contribution >= 0.6 is 0 Å². The number of nitrogens with one attached hydrogen (secondary N) is 1. The van der Waals surface area contributed by atoms with Crippen LogP contribution < -0.4 is 5.32 Å². The Kier molecular flexibility index (Phi) is 14.2. The third-order valence-electron chi connectivity index (χ3n) is 2.31. The number of para-hydroxylation sites is 1. The van der Waals surface area contributed by atoms with Gasteiger partial charge in [0.2, 0.25) is 5.91 Å². The number of aryl methyl sites for hydroxylation is 1. The van der Waals surface area contributed by atoms with Gasteiger partial charge in [0.1, 0.15) is 0 Å². The molecular weight excluding hydrogens is 254 g/mol. The molecule has 0 bridgehead atoms. The summed E-state index contributed by atoms with van der Waals surface area (Å²) in [5.74, 6) is -0.0811. The first-order valence-corrected chi connectivity index (χ1v) is 6.94. The van der Waals surface area contributed by atoms with Gasteiger partial charge in [0.05, 0.1) is 5.69 Å². The smallest absolute Gasteiger partial charge is 0.224 e. The number of carbonyl (C=O) groups excluding carboxylic acids is 2. The Morgan fingerprint density at radius 1 is 1.30 bits per heavy atom. The molecule has 0 aliphatic carbocycles. The summed E-state index contributed by atoms with van der Waals surface area (Å²) >= 11 is 0. The molecule has 1 rings (SSSR count). The third kappa shape index (κ3) is 8.43. The highest BCUT2D eigenvalue weighted by Crippen LogP contribution is 2.18. The molecule has 0 aliphatic rings. The second-order valence-corrected chi connectivity index (χ2v) is 3.64. The maximum atomic E-state index is 11.2. The standard InChI is InChI=1S/C11H13NO2.C3H8O.C2H6/c1-3-10(14)12-11-8(2)5-4-6-9(11)7-13;1-3-4-2;1-2/h4-7H,3H2,1-2H3,(H,12,14);3H2,1-2H3;1-2H3. The topological polar surface area (TPSA) is 55.4 Å². The first kappa shape index (κ1) is 20.6. The van der Waals surface area contributed by atoms with Crippen LogP contribution in [0.5, 0.6) is 0 Å². The second-order valence-electron chi connectivity index (χ2n) is 3.64. The Morgan fingerprint density at radius 3 is 2.25 bits per heavy atom. The molecule has 0 unspecified atom stereocenters. The zero-order valence-electron chi connectivity index (χ0n) is 13.4.